The summed E-state index contributed by atoms with van der Waals surface area (Å²) in [4.78, 5) is 0.214. The van der Waals surface area contributed by atoms with Crippen LogP contribution in [0.1, 0.15) is 33.4 Å². The van der Waals surface area contributed by atoms with Crippen molar-refractivity contribution in [1.29, 1.82) is 0 Å². The fourth-order valence-electron chi connectivity index (χ4n) is 2.97. The molecule has 0 aliphatic heterocycles. The SMILES string of the molecule is Cc1c(C)c(C)c(S(=O)(=O)NCc2cccc(OC(F)(F)F)c2)c(C)c1C. The normalized spacial score (nSPS) is 12.3. The van der Waals surface area contributed by atoms with Gasteiger partial charge in [0, 0.05) is 6.54 Å². The average Bonchev–Trinajstić information content (AvgIpc) is 2.55. The molecular weight excluding hydrogens is 379 g/mol. The largest absolute Gasteiger partial charge is 0.573 e. The zero-order valence-electron chi connectivity index (χ0n) is 15.8. The predicted octanol–water partition coefficient (Wildman–Crippen LogP) is 4.61. The third-order valence-electron chi connectivity index (χ3n) is 4.80. The minimum atomic E-state index is -4.80. The van der Waals surface area contributed by atoms with Crippen LogP contribution in [-0.2, 0) is 16.6 Å². The van der Waals surface area contributed by atoms with Crippen LogP contribution in [0.15, 0.2) is 29.2 Å². The van der Waals surface area contributed by atoms with Gasteiger partial charge in [-0.05, 0) is 80.1 Å². The van der Waals surface area contributed by atoms with Crippen molar-refractivity contribution in [2.75, 3.05) is 0 Å². The summed E-state index contributed by atoms with van der Waals surface area (Å²) in [5, 5.41) is 0. The third-order valence-corrected chi connectivity index (χ3v) is 6.47. The number of sulfonamides is 1. The van der Waals surface area contributed by atoms with Crippen molar-refractivity contribution in [3.8, 4) is 5.75 Å². The van der Waals surface area contributed by atoms with E-state index < -0.39 is 22.1 Å². The molecule has 1 N–H and O–H groups in total. The van der Waals surface area contributed by atoms with Crippen molar-refractivity contribution in [1.82, 2.24) is 4.72 Å². The Bertz CT molecular complexity index is 938. The molecule has 0 aliphatic rings. The molecule has 148 valence electrons. The topological polar surface area (TPSA) is 55.4 Å². The van der Waals surface area contributed by atoms with Gasteiger partial charge < -0.3 is 4.74 Å². The molecule has 0 bridgehead atoms. The summed E-state index contributed by atoms with van der Waals surface area (Å²) in [7, 11) is -3.84. The fourth-order valence-corrected chi connectivity index (χ4v) is 4.59. The number of halogens is 3. The Labute approximate surface area is 157 Å². The summed E-state index contributed by atoms with van der Waals surface area (Å²) < 4.78 is 69.0. The van der Waals surface area contributed by atoms with Gasteiger partial charge in [-0.15, -0.1) is 13.2 Å². The Kier molecular flexibility index (Phi) is 5.91. The summed E-state index contributed by atoms with van der Waals surface area (Å²) in [6, 6.07) is 5.21. The highest BCUT2D eigenvalue weighted by Crippen LogP contribution is 2.29. The molecule has 0 amide bonds. The first-order valence-electron chi connectivity index (χ1n) is 8.25. The lowest BCUT2D eigenvalue weighted by atomic mass is 9.95. The van der Waals surface area contributed by atoms with Crippen LogP contribution in [0.2, 0.25) is 0 Å². The lowest BCUT2D eigenvalue weighted by Crippen LogP contribution is -2.26. The van der Waals surface area contributed by atoms with Crippen LogP contribution in [0.3, 0.4) is 0 Å². The first-order valence-corrected chi connectivity index (χ1v) is 9.73. The van der Waals surface area contributed by atoms with Gasteiger partial charge in [0.25, 0.3) is 0 Å². The third kappa shape index (κ3) is 4.81. The van der Waals surface area contributed by atoms with Crippen molar-refractivity contribution in [2.24, 2.45) is 0 Å². The molecule has 0 heterocycles. The van der Waals surface area contributed by atoms with Crippen LogP contribution in [0, 0.1) is 34.6 Å². The van der Waals surface area contributed by atoms with Gasteiger partial charge in [0.15, 0.2) is 0 Å². The maximum Gasteiger partial charge on any atom is 0.573 e. The maximum absolute atomic E-state index is 12.9. The van der Waals surface area contributed by atoms with E-state index in [0.29, 0.717) is 16.7 Å². The predicted molar refractivity (Wildman–Crippen MR) is 97.3 cm³/mol. The van der Waals surface area contributed by atoms with Crippen LogP contribution in [0.25, 0.3) is 0 Å². The average molecular weight is 401 g/mol. The van der Waals surface area contributed by atoms with Crippen molar-refractivity contribution in [2.45, 2.75) is 52.4 Å². The van der Waals surface area contributed by atoms with E-state index in [1.807, 2.05) is 20.8 Å². The van der Waals surface area contributed by atoms with E-state index in [0.717, 1.165) is 28.8 Å². The molecule has 27 heavy (non-hydrogen) atoms. The second-order valence-corrected chi connectivity index (χ2v) is 8.18. The molecule has 0 aromatic heterocycles. The Balaban J connectivity index is 2.30. The summed E-state index contributed by atoms with van der Waals surface area (Å²) in [5.41, 5.74) is 4.53. The van der Waals surface area contributed by atoms with Gasteiger partial charge in [-0.2, -0.15) is 0 Å². The van der Waals surface area contributed by atoms with Gasteiger partial charge in [0.05, 0.1) is 4.90 Å². The van der Waals surface area contributed by atoms with E-state index in [2.05, 4.69) is 9.46 Å². The smallest absolute Gasteiger partial charge is 0.406 e. The van der Waals surface area contributed by atoms with E-state index in [1.54, 1.807) is 13.8 Å². The van der Waals surface area contributed by atoms with Crippen LogP contribution in [-0.4, -0.2) is 14.8 Å². The van der Waals surface area contributed by atoms with E-state index in [4.69, 9.17) is 0 Å². The summed E-state index contributed by atoms with van der Waals surface area (Å²) in [5.74, 6) is -0.395. The standard InChI is InChI=1S/C19H22F3NO3S/c1-11-12(2)14(4)18(15(5)13(11)3)27(24,25)23-10-16-7-6-8-17(9-16)26-19(20,21)22/h6-9,23H,10H2,1-5H3. The molecule has 4 nitrogen and oxygen atoms in total. The summed E-state index contributed by atoms with van der Waals surface area (Å²) in [6.45, 7) is 9.04. The summed E-state index contributed by atoms with van der Waals surface area (Å²) >= 11 is 0. The number of alkyl halides is 3. The first kappa shape index (κ1) is 21.2. The second kappa shape index (κ2) is 7.52. The lowest BCUT2D eigenvalue weighted by Gasteiger charge is -2.19. The Morgan fingerprint density at radius 2 is 1.44 bits per heavy atom. The van der Waals surface area contributed by atoms with E-state index in [9.17, 15) is 21.6 Å². The maximum atomic E-state index is 12.9. The van der Waals surface area contributed by atoms with Crippen LogP contribution >= 0.6 is 0 Å². The molecule has 0 aliphatic carbocycles. The molecular formula is C19H22F3NO3S. The van der Waals surface area contributed by atoms with Crippen LogP contribution in [0.4, 0.5) is 13.2 Å². The van der Waals surface area contributed by atoms with Gasteiger partial charge in [0.2, 0.25) is 10.0 Å². The summed E-state index contributed by atoms with van der Waals surface area (Å²) in [6.07, 6.45) is -4.80. The molecule has 0 saturated carbocycles. The van der Waals surface area contributed by atoms with E-state index in [-0.39, 0.29) is 11.4 Å². The monoisotopic (exact) mass is 401 g/mol. The zero-order valence-corrected chi connectivity index (χ0v) is 16.6. The highest BCUT2D eigenvalue weighted by atomic mass is 32.2. The highest BCUT2D eigenvalue weighted by molar-refractivity contribution is 7.89. The number of rotatable bonds is 5. The lowest BCUT2D eigenvalue weighted by molar-refractivity contribution is -0.274. The van der Waals surface area contributed by atoms with Gasteiger partial charge in [-0.3, -0.25) is 0 Å². The fraction of sp³-hybridized carbons (Fsp3) is 0.368. The molecule has 0 atom stereocenters. The van der Waals surface area contributed by atoms with Crippen molar-refractivity contribution >= 4 is 10.0 Å². The molecule has 2 aromatic rings. The van der Waals surface area contributed by atoms with Gasteiger partial charge in [-0.1, -0.05) is 12.1 Å². The molecule has 0 spiro atoms. The number of nitrogens with one attached hydrogen (secondary N) is 1. The first-order chi connectivity index (χ1) is 12.3. The van der Waals surface area contributed by atoms with Crippen molar-refractivity contribution in [3.05, 3.63) is 57.6 Å². The van der Waals surface area contributed by atoms with Crippen molar-refractivity contribution in [3.63, 3.8) is 0 Å². The van der Waals surface area contributed by atoms with E-state index in [1.165, 1.54) is 12.1 Å². The second-order valence-electron chi connectivity index (χ2n) is 6.47. The molecule has 0 unspecified atom stereocenters. The zero-order chi connectivity index (χ0) is 20.6. The number of ether oxygens (including phenoxy) is 1. The molecule has 2 rings (SSSR count). The highest BCUT2D eigenvalue weighted by Gasteiger charge is 2.31. The Morgan fingerprint density at radius 3 is 1.96 bits per heavy atom. The number of hydrogen-bond acceptors (Lipinski definition) is 3. The van der Waals surface area contributed by atoms with E-state index >= 15 is 0 Å². The van der Waals surface area contributed by atoms with Gasteiger partial charge >= 0.3 is 6.36 Å². The molecule has 0 radical (unpaired) electrons. The Hall–Kier alpha value is -2.06. The van der Waals surface area contributed by atoms with Crippen LogP contribution in [0.5, 0.6) is 5.75 Å². The minimum Gasteiger partial charge on any atom is -0.406 e. The minimum absolute atomic E-state index is 0.151. The number of benzene rings is 2. The molecule has 0 saturated heterocycles. The van der Waals surface area contributed by atoms with Gasteiger partial charge in [-0.25, -0.2) is 13.1 Å². The molecule has 8 heteroatoms. The molecule has 2 aromatic carbocycles. The Morgan fingerprint density at radius 1 is 0.926 bits per heavy atom. The number of hydrogen-bond donors (Lipinski definition) is 1. The van der Waals surface area contributed by atoms with Crippen LogP contribution < -0.4 is 9.46 Å². The van der Waals surface area contributed by atoms with Crippen molar-refractivity contribution < 1.29 is 26.3 Å². The quantitative estimate of drug-likeness (QED) is 0.796. The van der Waals surface area contributed by atoms with Gasteiger partial charge in [0.1, 0.15) is 5.75 Å². The molecule has 0 fully saturated rings.